The Hall–Kier alpha value is -10.1. The number of sulfone groups is 1. The van der Waals surface area contributed by atoms with E-state index in [1.807, 2.05) is 90.9 Å². The molecule has 2 aromatic heterocycles. The van der Waals surface area contributed by atoms with Crippen molar-refractivity contribution in [1.82, 2.24) is 82.2 Å². The standard InChI is InChI=1S/C80H122N18O17S/c1-16-53(8)71(96(12)78(108)69(51(4)5)92-77(107)70(52(6)7)95(10)11)63(112-13)42-67(102)98-37-24-29-62(98)72(113-14)54(9)73(103)90-61(41-55-25-19-17-20-26-55)74(104)85-43-56-31-33-58(34-32-56)88-75(105)60(28-23-35-83-79(81)109)89-76(106)68(50(2)3)91-66(101)49-115-48-65(100)82-36-39-114-40-38-97-47-59(93-94-97)46-84-64(99)30-22-18-21-27-57-44-86-80(87-45-57)116(15,110)111/h17,19-20,25-26,31-34,44-45,47,50-54,60-63,68-72H,16,18,22-24,28-30,35-43,46,48-49H2,1-15H3,(H,82,100)(H,84,99)(H,85,104)(H,88,105)(H,89,106)(H,90,103)(H,91,101)(H,92,107)(H3,81,83,109)/t53-,54+,60-,61-,62-,63+,68-,69-,70-,71-,72+/m0/s1. The monoisotopic (exact) mass is 1640 g/mol. The molecule has 5 rings (SSSR count). The predicted molar refractivity (Wildman–Crippen MR) is 432 cm³/mol. The maximum absolute atomic E-state index is 14.7. The molecule has 1 fully saturated rings. The summed E-state index contributed by atoms with van der Waals surface area (Å²) in [5.74, 6) is -0.484. The molecule has 1 saturated heterocycles. The van der Waals surface area contributed by atoms with Crippen LogP contribution in [-0.2, 0) is 103 Å². The second-order valence-corrected chi connectivity index (χ2v) is 32.2. The SMILES string of the molecule is CC[C@H](C)[C@@H]([C@@H](CC(=O)N1CCC[C@H]1[C@H](OC)[C@@H](C)C(=O)N[C@@H](Cc1ccccc1)C(=O)NCc1ccc(NC(=O)[C@H](CCCNC(N)=O)NC(=O)[C@@H](NC(=O)COCC(=O)NCCOCCn2cc(CNC(=O)CCCC#Cc3cnc(S(C)(=O)=O)nc3)nn2)C(C)C)cc1)OC)N(C)C(=O)[C@@H](NC(=O)[C@H](C(C)C)N(C)C)C(C)C. The van der Waals surface area contributed by atoms with Crippen LogP contribution in [0.1, 0.15) is 142 Å². The molecular weight excluding hydrogens is 1520 g/mol. The lowest BCUT2D eigenvalue weighted by molar-refractivity contribution is -0.148. The van der Waals surface area contributed by atoms with E-state index < -0.39 is 131 Å². The van der Waals surface area contributed by atoms with Crippen molar-refractivity contribution in [3.05, 3.63) is 95.6 Å². The maximum atomic E-state index is 14.7. The van der Waals surface area contributed by atoms with Crippen molar-refractivity contribution in [2.24, 2.45) is 35.3 Å². The zero-order valence-electron chi connectivity index (χ0n) is 69.7. The lowest BCUT2D eigenvalue weighted by Gasteiger charge is -2.41. The van der Waals surface area contributed by atoms with E-state index in [9.17, 15) is 61.2 Å². The number of nitrogens with one attached hydrogen (secondary N) is 9. The summed E-state index contributed by atoms with van der Waals surface area (Å²) in [5, 5.41) is 32.8. The molecule has 116 heavy (non-hydrogen) atoms. The number of benzene rings is 2. The fourth-order valence-corrected chi connectivity index (χ4v) is 14.0. The molecule has 0 unspecified atom stereocenters. The largest absolute Gasteiger partial charge is 0.379 e. The van der Waals surface area contributed by atoms with Crippen molar-refractivity contribution < 1.29 is 80.1 Å². The minimum absolute atomic E-state index is 0.0156. The Morgan fingerprint density at radius 3 is 1.97 bits per heavy atom. The number of nitrogens with zero attached hydrogens (tertiary/aromatic N) is 8. The van der Waals surface area contributed by atoms with E-state index in [0.29, 0.717) is 67.7 Å². The topological polar surface area (TPSA) is 459 Å². The molecule has 4 aromatic rings. The first-order chi connectivity index (χ1) is 55.1. The van der Waals surface area contributed by atoms with Crippen LogP contribution in [0.3, 0.4) is 0 Å². The second kappa shape index (κ2) is 49.1. The van der Waals surface area contributed by atoms with Gasteiger partial charge in [-0.1, -0.05) is 128 Å². The van der Waals surface area contributed by atoms with E-state index in [-0.39, 0.29) is 118 Å². The van der Waals surface area contributed by atoms with Crippen molar-refractivity contribution in [2.45, 2.75) is 206 Å². The number of ether oxygens (including phenoxy) is 4. The van der Waals surface area contributed by atoms with Crippen molar-refractivity contribution in [3.8, 4) is 11.8 Å². The number of anilines is 1. The van der Waals surface area contributed by atoms with Crippen LogP contribution in [-0.4, -0.2) is 255 Å². The summed E-state index contributed by atoms with van der Waals surface area (Å²) in [6, 6.07) is 9.21. The first-order valence-corrected chi connectivity index (χ1v) is 41.3. The van der Waals surface area contributed by atoms with Crippen LogP contribution in [0.15, 0.2) is 78.3 Å². The number of likely N-dealkylation sites (N-methyl/N-ethyl adjacent to an activating group) is 2. The quantitative estimate of drug-likeness (QED) is 0.0172. The first-order valence-electron chi connectivity index (χ1n) is 39.4. The van der Waals surface area contributed by atoms with Gasteiger partial charge in [0.2, 0.25) is 74.1 Å². The number of likely N-dealkylation sites (tertiary alicyclic amines) is 1. The van der Waals surface area contributed by atoms with Gasteiger partial charge < -0.3 is 82.3 Å². The number of carbonyl (C=O) groups is 11. The highest BCUT2D eigenvalue weighted by atomic mass is 32.2. The summed E-state index contributed by atoms with van der Waals surface area (Å²) in [5.41, 5.74) is 8.01. The van der Waals surface area contributed by atoms with Gasteiger partial charge in [0.1, 0.15) is 43.1 Å². The summed E-state index contributed by atoms with van der Waals surface area (Å²) < 4.78 is 47.8. The minimum Gasteiger partial charge on any atom is -0.379 e. The minimum atomic E-state index is -3.51. The fraction of sp³-hybridized carbons (Fsp3) is 0.613. The summed E-state index contributed by atoms with van der Waals surface area (Å²) in [4.78, 5) is 162. The van der Waals surface area contributed by atoms with Gasteiger partial charge in [-0.05, 0) is 93.1 Å². The van der Waals surface area contributed by atoms with Crippen LogP contribution in [0.2, 0.25) is 0 Å². The van der Waals surface area contributed by atoms with E-state index in [1.165, 1.54) is 26.6 Å². The molecule has 11 N–H and O–H groups in total. The lowest BCUT2D eigenvalue weighted by Crippen LogP contribution is -2.59. The molecule has 2 aromatic carbocycles. The Bertz CT molecular complexity index is 4020. The molecule has 1 aliphatic rings. The van der Waals surface area contributed by atoms with Crippen LogP contribution in [0.4, 0.5) is 10.5 Å². The summed E-state index contributed by atoms with van der Waals surface area (Å²) in [7, 11) is 4.85. The number of urea groups is 1. The number of methoxy groups -OCH3 is 2. The molecule has 35 nitrogen and oxygen atoms in total. The maximum Gasteiger partial charge on any atom is 0.312 e. The van der Waals surface area contributed by atoms with Gasteiger partial charge in [-0.3, -0.25) is 52.8 Å². The van der Waals surface area contributed by atoms with Crippen molar-refractivity contribution in [3.63, 3.8) is 0 Å². The Kier molecular flexibility index (Phi) is 40.9. The van der Waals surface area contributed by atoms with Crippen molar-refractivity contribution in [1.29, 1.82) is 0 Å². The average Bonchev–Trinajstić information content (AvgIpc) is 1.45. The molecule has 0 radical (unpaired) electrons. The van der Waals surface area contributed by atoms with Crippen LogP contribution >= 0.6 is 0 Å². The number of hydrogen-bond acceptors (Lipinski definition) is 22. The number of primary amides is 1. The Labute approximate surface area is 681 Å². The summed E-state index contributed by atoms with van der Waals surface area (Å²) >= 11 is 0. The van der Waals surface area contributed by atoms with Gasteiger partial charge in [-0.2, -0.15) is 0 Å². The highest BCUT2D eigenvalue weighted by Crippen LogP contribution is 2.30. The fourth-order valence-electron chi connectivity index (χ4n) is 13.5. The number of amides is 12. The van der Waals surface area contributed by atoms with Crippen molar-refractivity contribution >= 4 is 80.6 Å². The van der Waals surface area contributed by atoms with Gasteiger partial charge in [0.05, 0.1) is 80.7 Å². The third-order valence-corrected chi connectivity index (χ3v) is 20.7. The normalized spacial score (nSPS) is 15.4. The number of aromatic nitrogens is 5. The van der Waals surface area contributed by atoms with E-state index in [4.69, 9.17) is 24.7 Å². The van der Waals surface area contributed by atoms with Gasteiger partial charge in [0.25, 0.3) is 0 Å². The van der Waals surface area contributed by atoms with E-state index in [2.05, 4.69) is 80.0 Å². The number of rotatable bonds is 49. The van der Waals surface area contributed by atoms with E-state index in [1.54, 1.807) is 72.8 Å². The molecule has 3 heterocycles. The number of unbranched alkanes of at least 4 members (excludes halogenated alkanes) is 1. The molecule has 0 saturated carbocycles. The Balaban J connectivity index is 1.09. The summed E-state index contributed by atoms with van der Waals surface area (Å²) in [6.07, 6.45) is 7.07. The molecule has 0 bridgehead atoms. The predicted octanol–water partition coefficient (Wildman–Crippen LogP) is 2.16. The lowest BCUT2D eigenvalue weighted by atomic mass is 9.89. The van der Waals surface area contributed by atoms with Gasteiger partial charge >= 0.3 is 6.03 Å². The van der Waals surface area contributed by atoms with Gasteiger partial charge in [0, 0.05) is 91.0 Å². The molecule has 0 aliphatic carbocycles. The molecule has 12 amide bonds. The molecule has 640 valence electrons. The average molecular weight is 1640 g/mol. The molecule has 0 spiro atoms. The highest BCUT2D eigenvalue weighted by molar-refractivity contribution is 7.90. The number of nitrogens with two attached hydrogens (primary N) is 1. The summed E-state index contributed by atoms with van der Waals surface area (Å²) in [6.45, 7) is 17.2. The van der Waals surface area contributed by atoms with Crippen LogP contribution in [0.5, 0.6) is 0 Å². The Morgan fingerprint density at radius 2 is 1.35 bits per heavy atom. The zero-order valence-corrected chi connectivity index (χ0v) is 70.5. The Morgan fingerprint density at radius 1 is 0.681 bits per heavy atom. The molecule has 1 aliphatic heterocycles. The smallest absolute Gasteiger partial charge is 0.312 e. The van der Waals surface area contributed by atoms with Crippen LogP contribution < -0.4 is 53.6 Å². The van der Waals surface area contributed by atoms with Crippen LogP contribution in [0, 0.1) is 41.4 Å². The number of hydrogen-bond donors (Lipinski definition) is 10. The third kappa shape index (κ3) is 32.2. The second-order valence-electron chi connectivity index (χ2n) is 30.3. The van der Waals surface area contributed by atoms with Gasteiger partial charge in [-0.15, -0.1) is 5.10 Å². The van der Waals surface area contributed by atoms with Crippen LogP contribution in [0.25, 0.3) is 0 Å². The van der Waals surface area contributed by atoms with E-state index in [0.717, 1.165) is 11.8 Å². The molecule has 11 atom stereocenters. The highest BCUT2D eigenvalue weighted by Gasteiger charge is 2.44. The first kappa shape index (κ1) is 96.5. The van der Waals surface area contributed by atoms with Gasteiger partial charge in [0.15, 0.2) is 0 Å². The van der Waals surface area contributed by atoms with Crippen molar-refractivity contribution in [2.75, 3.05) is 93.0 Å². The van der Waals surface area contributed by atoms with E-state index >= 15 is 0 Å². The number of carbonyl (C=O) groups excluding carboxylic acids is 11. The third-order valence-electron chi connectivity index (χ3n) is 19.9. The molecular formula is C80H122N18O17S. The van der Waals surface area contributed by atoms with Gasteiger partial charge in [-0.25, -0.2) is 27.9 Å². The zero-order chi connectivity index (χ0) is 85.8. The molecule has 36 heteroatoms.